The number of methoxy groups -OCH3 is 1. The second kappa shape index (κ2) is 7.28. The molecule has 0 unspecified atom stereocenters. The van der Waals surface area contributed by atoms with E-state index in [1.165, 1.54) is 0 Å². The second-order valence-corrected chi connectivity index (χ2v) is 5.77. The van der Waals surface area contributed by atoms with Crippen molar-refractivity contribution in [2.75, 3.05) is 43.5 Å². The van der Waals surface area contributed by atoms with E-state index in [0.29, 0.717) is 0 Å². The van der Waals surface area contributed by atoms with E-state index in [4.69, 9.17) is 17.0 Å². The molecule has 0 aliphatic carbocycles. The summed E-state index contributed by atoms with van der Waals surface area (Å²) in [5, 5.41) is 4.06. The molecule has 120 valence electrons. The molecule has 1 saturated heterocycles. The molecule has 2 heterocycles. The van der Waals surface area contributed by atoms with Gasteiger partial charge in [0, 0.05) is 11.8 Å². The second-order valence-electron chi connectivity index (χ2n) is 5.38. The van der Waals surface area contributed by atoms with Gasteiger partial charge < -0.3 is 15.0 Å². The summed E-state index contributed by atoms with van der Waals surface area (Å²) in [5.41, 5.74) is 0.981. The van der Waals surface area contributed by atoms with Gasteiger partial charge in [0.15, 0.2) is 5.11 Å². The highest BCUT2D eigenvalue weighted by atomic mass is 32.1. The quantitative estimate of drug-likeness (QED) is 0.873. The molecule has 0 radical (unpaired) electrons. The molecule has 23 heavy (non-hydrogen) atoms. The van der Waals surface area contributed by atoms with E-state index in [9.17, 15) is 0 Å². The third-order valence-corrected chi connectivity index (χ3v) is 4.30. The van der Waals surface area contributed by atoms with Crippen molar-refractivity contribution in [1.29, 1.82) is 0 Å². The van der Waals surface area contributed by atoms with Crippen molar-refractivity contribution < 1.29 is 9.72 Å². The first-order valence-electron chi connectivity index (χ1n) is 7.68. The zero-order valence-electron chi connectivity index (χ0n) is 13.2. The number of rotatable bonds is 3. The zero-order chi connectivity index (χ0) is 16.1. The lowest BCUT2D eigenvalue weighted by molar-refractivity contribution is -0.364. The van der Waals surface area contributed by atoms with Crippen LogP contribution in [0, 0.1) is 0 Å². The number of aromatic nitrogens is 1. The van der Waals surface area contributed by atoms with Crippen LogP contribution in [0.1, 0.15) is 0 Å². The first-order chi connectivity index (χ1) is 11.3. The largest absolute Gasteiger partial charge is 0.497 e. The van der Waals surface area contributed by atoms with Crippen LogP contribution in [0.15, 0.2) is 48.7 Å². The minimum Gasteiger partial charge on any atom is -0.497 e. The number of nitrogens with zero attached hydrogens (tertiary/aromatic N) is 2. The van der Waals surface area contributed by atoms with Crippen LogP contribution < -0.4 is 19.9 Å². The molecule has 1 aliphatic rings. The number of anilines is 2. The number of benzene rings is 1. The number of H-pyrrole nitrogens is 1. The van der Waals surface area contributed by atoms with Gasteiger partial charge in [0.05, 0.1) is 26.4 Å². The van der Waals surface area contributed by atoms with Gasteiger partial charge in [-0.2, -0.15) is 0 Å². The van der Waals surface area contributed by atoms with Crippen molar-refractivity contribution >= 4 is 28.8 Å². The van der Waals surface area contributed by atoms with Gasteiger partial charge >= 0.3 is 0 Å². The highest BCUT2D eigenvalue weighted by Crippen LogP contribution is 2.16. The van der Waals surface area contributed by atoms with E-state index >= 15 is 0 Å². The zero-order valence-corrected chi connectivity index (χ0v) is 14.0. The molecule has 0 amide bonds. The van der Waals surface area contributed by atoms with Crippen molar-refractivity contribution in [3.63, 3.8) is 0 Å². The van der Waals surface area contributed by atoms with Crippen LogP contribution in [0.4, 0.5) is 11.5 Å². The van der Waals surface area contributed by atoms with Gasteiger partial charge in [-0.25, -0.2) is 4.98 Å². The normalized spacial score (nSPS) is 14.5. The predicted octanol–water partition coefficient (Wildman–Crippen LogP) is 2.03. The summed E-state index contributed by atoms with van der Waals surface area (Å²) in [4.78, 5) is 7.83. The van der Waals surface area contributed by atoms with Crippen LogP contribution in [0.25, 0.3) is 0 Å². The monoisotopic (exact) mass is 329 g/mol. The molecule has 5 nitrogen and oxygen atoms in total. The van der Waals surface area contributed by atoms with Gasteiger partial charge in [0.1, 0.15) is 18.8 Å². The van der Waals surface area contributed by atoms with E-state index in [0.717, 1.165) is 48.5 Å². The standard InChI is InChI=1S/C17H20N4OS/c1-22-15-7-5-14(6-8-15)19-17(23)21-12-10-20(11-13-21)16-4-2-3-9-18-16/h2-9H,10-13H2,1H3,(H,19,23)/p+1. The molecule has 1 aromatic heterocycles. The fraction of sp³-hybridized carbons (Fsp3) is 0.294. The third-order valence-electron chi connectivity index (χ3n) is 3.94. The van der Waals surface area contributed by atoms with Gasteiger partial charge in [-0.05, 0) is 42.5 Å². The Morgan fingerprint density at radius 2 is 1.83 bits per heavy atom. The lowest BCUT2D eigenvalue weighted by atomic mass is 10.3. The molecule has 0 saturated carbocycles. The maximum Gasteiger partial charge on any atom is 0.274 e. The lowest BCUT2D eigenvalue weighted by Crippen LogP contribution is -2.51. The van der Waals surface area contributed by atoms with Crippen molar-refractivity contribution in [3.05, 3.63) is 48.7 Å². The minimum absolute atomic E-state index is 0.770. The van der Waals surface area contributed by atoms with E-state index in [1.54, 1.807) is 7.11 Å². The molecule has 2 N–H and O–H groups in total. The molecular weight excluding hydrogens is 308 g/mol. The summed E-state index contributed by atoms with van der Waals surface area (Å²) in [6.45, 7) is 3.71. The van der Waals surface area contributed by atoms with Gasteiger partial charge in [-0.3, -0.25) is 4.90 Å². The molecule has 1 aromatic carbocycles. The third kappa shape index (κ3) is 3.90. The summed E-state index contributed by atoms with van der Waals surface area (Å²) in [7, 11) is 1.66. The molecule has 6 heteroatoms. The van der Waals surface area contributed by atoms with E-state index < -0.39 is 0 Å². The smallest absolute Gasteiger partial charge is 0.274 e. The maximum atomic E-state index is 5.53. The van der Waals surface area contributed by atoms with Crippen molar-refractivity contribution in [2.45, 2.75) is 0 Å². The fourth-order valence-electron chi connectivity index (χ4n) is 2.61. The number of hydrogen-bond donors (Lipinski definition) is 1. The van der Waals surface area contributed by atoms with Gasteiger partial charge in [-0.1, -0.05) is 6.07 Å². The van der Waals surface area contributed by atoms with Crippen molar-refractivity contribution in [1.82, 2.24) is 4.90 Å². The number of pyridine rings is 1. The molecule has 0 bridgehead atoms. The number of aromatic amines is 1. The Labute approximate surface area is 141 Å². The molecule has 1 fully saturated rings. The maximum absolute atomic E-state index is 5.53. The minimum atomic E-state index is 0.770. The highest BCUT2D eigenvalue weighted by molar-refractivity contribution is 7.80. The molecule has 2 aromatic rings. The summed E-state index contributed by atoms with van der Waals surface area (Å²) in [5.74, 6) is 2.00. The number of piperazine rings is 1. The van der Waals surface area contributed by atoms with E-state index in [2.05, 4.69) is 26.2 Å². The molecule has 3 rings (SSSR count). The number of ether oxygens (including phenoxy) is 1. The topological polar surface area (TPSA) is 41.9 Å². The van der Waals surface area contributed by atoms with Crippen LogP contribution >= 0.6 is 12.2 Å². The Bertz CT molecular complexity index is 639. The van der Waals surface area contributed by atoms with Crippen LogP contribution in [-0.2, 0) is 0 Å². The first kappa shape index (κ1) is 15.6. The van der Waals surface area contributed by atoms with Crippen molar-refractivity contribution in [2.24, 2.45) is 0 Å². The van der Waals surface area contributed by atoms with Crippen LogP contribution in [-0.4, -0.2) is 43.3 Å². The van der Waals surface area contributed by atoms with E-state index in [-0.39, 0.29) is 0 Å². The summed E-state index contributed by atoms with van der Waals surface area (Å²) in [6, 6.07) is 13.9. The van der Waals surface area contributed by atoms with Crippen LogP contribution in [0.2, 0.25) is 0 Å². The van der Waals surface area contributed by atoms with Gasteiger partial charge in [-0.15, -0.1) is 0 Å². The predicted molar refractivity (Wildman–Crippen MR) is 96.0 cm³/mol. The molecular formula is C17H21N4OS+. The first-order valence-corrected chi connectivity index (χ1v) is 8.09. The molecule has 0 atom stereocenters. The Kier molecular flexibility index (Phi) is 4.92. The Hall–Kier alpha value is -2.34. The number of hydrogen-bond acceptors (Lipinski definition) is 3. The molecule has 1 aliphatic heterocycles. The summed E-state index contributed by atoms with van der Waals surface area (Å²) < 4.78 is 5.16. The summed E-state index contributed by atoms with van der Waals surface area (Å²) >= 11 is 5.53. The lowest BCUT2D eigenvalue weighted by Gasteiger charge is -2.32. The fourth-order valence-corrected chi connectivity index (χ4v) is 2.91. The van der Waals surface area contributed by atoms with Crippen LogP contribution in [0.3, 0.4) is 0 Å². The number of nitrogens with one attached hydrogen (secondary N) is 2. The SMILES string of the molecule is COc1ccc(NC(=S)N2CCN(c3cccc[nH+]3)CC2)cc1. The summed E-state index contributed by atoms with van der Waals surface area (Å²) in [6.07, 6.45) is 1.96. The van der Waals surface area contributed by atoms with Gasteiger partial charge in [0.25, 0.3) is 5.82 Å². The van der Waals surface area contributed by atoms with Crippen molar-refractivity contribution in [3.8, 4) is 5.75 Å². The Morgan fingerprint density at radius 3 is 2.43 bits per heavy atom. The van der Waals surface area contributed by atoms with Crippen LogP contribution in [0.5, 0.6) is 5.75 Å². The number of thiocarbonyl (C=S) groups is 1. The Balaban J connectivity index is 1.53. The van der Waals surface area contributed by atoms with E-state index in [1.807, 2.05) is 42.6 Å². The molecule has 0 spiro atoms. The highest BCUT2D eigenvalue weighted by Gasteiger charge is 2.24. The average molecular weight is 329 g/mol. The van der Waals surface area contributed by atoms with Gasteiger partial charge in [0.2, 0.25) is 0 Å². The average Bonchev–Trinajstić information content (AvgIpc) is 2.63. The Morgan fingerprint density at radius 1 is 1.09 bits per heavy atom.